The number of hydrogen-bond donors (Lipinski definition) is 2. The number of morpholine rings is 1. The maximum absolute atomic E-state index is 5.37. The lowest BCUT2D eigenvalue weighted by Crippen LogP contribution is -2.40. The highest BCUT2D eigenvalue weighted by Crippen LogP contribution is 1.98. The lowest BCUT2D eigenvalue weighted by molar-refractivity contribution is 0.0376. The normalized spacial score (nSPS) is 16.3. The number of aromatic nitrogens is 2. The van der Waals surface area contributed by atoms with E-state index in [9.17, 15) is 0 Å². The van der Waals surface area contributed by atoms with Crippen LogP contribution in [-0.4, -0.2) is 73.1 Å². The zero-order chi connectivity index (χ0) is 17.0. The van der Waals surface area contributed by atoms with E-state index in [0.29, 0.717) is 0 Å². The second-order valence-electron chi connectivity index (χ2n) is 6.13. The van der Waals surface area contributed by atoms with Gasteiger partial charge in [-0.1, -0.05) is 0 Å². The van der Waals surface area contributed by atoms with E-state index in [1.165, 1.54) is 5.56 Å². The minimum absolute atomic E-state index is 0.803. The van der Waals surface area contributed by atoms with Crippen LogP contribution in [0.4, 0.5) is 0 Å². The van der Waals surface area contributed by atoms with Crippen LogP contribution in [0.2, 0.25) is 0 Å². The summed E-state index contributed by atoms with van der Waals surface area (Å²) >= 11 is 0. The summed E-state index contributed by atoms with van der Waals surface area (Å²) < 4.78 is 7.35. The molecule has 2 heterocycles. The van der Waals surface area contributed by atoms with Crippen molar-refractivity contribution in [3.8, 4) is 0 Å². The maximum Gasteiger partial charge on any atom is 0.191 e. The summed E-state index contributed by atoms with van der Waals surface area (Å²) in [4.78, 5) is 7.10. The predicted molar refractivity (Wildman–Crippen MR) is 97.4 cm³/mol. The van der Waals surface area contributed by atoms with E-state index < -0.39 is 0 Å². The Kier molecular flexibility index (Phi) is 8.62. The molecule has 0 saturated carbocycles. The van der Waals surface area contributed by atoms with Gasteiger partial charge in [-0.3, -0.25) is 14.6 Å². The minimum atomic E-state index is 0.803. The van der Waals surface area contributed by atoms with Gasteiger partial charge in [0.2, 0.25) is 0 Å². The van der Waals surface area contributed by atoms with Gasteiger partial charge in [0, 0.05) is 45.5 Å². The number of nitrogens with zero attached hydrogens (tertiary/aromatic N) is 4. The molecule has 1 aliphatic heterocycles. The van der Waals surface area contributed by atoms with Crippen LogP contribution in [0.25, 0.3) is 0 Å². The van der Waals surface area contributed by atoms with E-state index in [1.807, 2.05) is 10.9 Å². The first-order valence-electron chi connectivity index (χ1n) is 9.09. The van der Waals surface area contributed by atoms with Gasteiger partial charge in [-0.05, 0) is 38.8 Å². The SMILES string of the molecule is CCNC(=NCCCn1cc(C)cn1)NCCCN1CCOCC1. The Morgan fingerprint density at radius 2 is 2.08 bits per heavy atom. The molecule has 2 rings (SSSR count). The highest BCUT2D eigenvalue weighted by Gasteiger charge is 2.09. The Balaban J connectivity index is 1.60. The molecule has 1 aromatic rings. The number of guanidine groups is 1. The van der Waals surface area contributed by atoms with Gasteiger partial charge in [-0.15, -0.1) is 0 Å². The Labute approximate surface area is 145 Å². The van der Waals surface area contributed by atoms with Crippen molar-refractivity contribution in [2.24, 2.45) is 4.99 Å². The number of ether oxygens (including phenoxy) is 1. The minimum Gasteiger partial charge on any atom is -0.379 e. The summed E-state index contributed by atoms with van der Waals surface area (Å²) in [6.45, 7) is 12.7. The molecule has 1 aliphatic rings. The molecule has 7 nitrogen and oxygen atoms in total. The average Bonchev–Trinajstić information content (AvgIpc) is 3.01. The van der Waals surface area contributed by atoms with Gasteiger partial charge in [0.05, 0.1) is 19.4 Å². The second kappa shape index (κ2) is 11.0. The molecular weight excluding hydrogens is 304 g/mol. The zero-order valence-electron chi connectivity index (χ0n) is 15.1. The van der Waals surface area contributed by atoms with Gasteiger partial charge in [-0.25, -0.2) is 0 Å². The third kappa shape index (κ3) is 7.31. The number of rotatable bonds is 9. The monoisotopic (exact) mass is 336 g/mol. The van der Waals surface area contributed by atoms with Crippen molar-refractivity contribution in [3.63, 3.8) is 0 Å². The summed E-state index contributed by atoms with van der Waals surface area (Å²) in [5.74, 6) is 0.913. The molecule has 1 saturated heterocycles. The number of aliphatic imine (C=N–C) groups is 1. The van der Waals surface area contributed by atoms with Crippen LogP contribution < -0.4 is 10.6 Å². The fourth-order valence-electron chi connectivity index (χ4n) is 2.69. The van der Waals surface area contributed by atoms with Crippen LogP contribution >= 0.6 is 0 Å². The lowest BCUT2D eigenvalue weighted by atomic mass is 10.3. The first kappa shape index (κ1) is 18.7. The molecule has 0 amide bonds. The Hall–Kier alpha value is -1.60. The first-order chi connectivity index (χ1) is 11.8. The van der Waals surface area contributed by atoms with Gasteiger partial charge >= 0.3 is 0 Å². The summed E-state index contributed by atoms with van der Waals surface area (Å²) in [7, 11) is 0. The number of aryl methyl sites for hydroxylation is 2. The van der Waals surface area contributed by atoms with Crippen molar-refractivity contribution in [1.29, 1.82) is 0 Å². The predicted octanol–water partition coefficient (Wildman–Crippen LogP) is 0.859. The second-order valence-corrected chi connectivity index (χ2v) is 6.13. The molecule has 0 radical (unpaired) electrons. The largest absolute Gasteiger partial charge is 0.379 e. The molecule has 0 spiro atoms. The van der Waals surface area contributed by atoms with Crippen LogP contribution in [0, 0.1) is 6.92 Å². The molecule has 1 fully saturated rings. The number of nitrogens with one attached hydrogen (secondary N) is 2. The van der Waals surface area contributed by atoms with Gasteiger partial charge in [-0.2, -0.15) is 5.10 Å². The Morgan fingerprint density at radius 3 is 2.79 bits per heavy atom. The molecule has 136 valence electrons. The Bertz CT molecular complexity index is 481. The summed E-state index contributed by atoms with van der Waals surface area (Å²) in [5, 5.41) is 11.0. The standard InChI is InChI=1S/C17H32N6O/c1-3-18-17(19-6-4-8-22-10-12-24-13-11-22)20-7-5-9-23-15-16(2)14-21-23/h14-15H,3-13H2,1-2H3,(H2,18,19,20). The third-order valence-corrected chi connectivity index (χ3v) is 3.97. The van der Waals surface area contributed by atoms with Crippen molar-refractivity contribution in [2.75, 3.05) is 52.5 Å². The van der Waals surface area contributed by atoms with Gasteiger partial charge < -0.3 is 15.4 Å². The fourth-order valence-corrected chi connectivity index (χ4v) is 2.69. The zero-order valence-corrected chi connectivity index (χ0v) is 15.1. The van der Waals surface area contributed by atoms with E-state index in [2.05, 4.69) is 45.7 Å². The smallest absolute Gasteiger partial charge is 0.191 e. The van der Waals surface area contributed by atoms with E-state index >= 15 is 0 Å². The summed E-state index contributed by atoms with van der Waals surface area (Å²) in [6, 6.07) is 0. The molecule has 24 heavy (non-hydrogen) atoms. The van der Waals surface area contributed by atoms with Gasteiger partial charge in [0.25, 0.3) is 0 Å². The molecule has 1 aromatic heterocycles. The topological polar surface area (TPSA) is 66.7 Å². The molecule has 0 bridgehead atoms. The van der Waals surface area contributed by atoms with Gasteiger partial charge in [0.15, 0.2) is 5.96 Å². The lowest BCUT2D eigenvalue weighted by Gasteiger charge is -2.26. The van der Waals surface area contributed by atoms with E-state index in [-0.39, 0.29) is 0 Å². The summed E-state index contributed by atoms with van der Waals surface area (Å²) in [6.07, 6.45) is 6.07. The van der Waals surface area contributed by atoms with Crippen molar-refractivity contribution in [1.82, 2.24) is 25.3 Å². The molecular formula is C17H32N6O. The van der Waals surface area contributed by atoms with Crippen LogP contribution in [-0.2, 0) is 11.3 Å². The average molecular weight is 336 g/mol. The number of hydrogen-bond acceptors (Lipinski definition) is 4. The summed E-state index contributed by atoms with van der Waals surface area (Å²) in [5.41, 5.74) is 1.20. The van der Waals surface area contributed by atoms with E-state index in [1.54, 1.807) is 0 Å². The first-order valence-corrected chi connectivity index (χ1v) is 9.09. The molecule has 7 heteroatoms. The van der Waals surface area contributed by atoms with Crippen molar-refractivity contribution >= 4 is 5.96 Å². The van der Waals surface area contributed by atoms with Crippen molar-refractivity contribution < 1.29 is 4.74 Å². The highest BCUT2D eigenvalue weighted by molar-refractivity contribution is 5.79. The maximum atomic E-state index is 5.37. The van der Waals surface area contributed by atoms with Crippen LogP contribution in [0.3, 0.4) is 0 Å². The molecule has 0 unspecified atom stereocenters. The van der Waals surface area contributed by atoms with Gasteiger partial charge in [0.1, 0.15) is 0 Å². The van der Waals surface area contributed by atoms with Crippen LogP contribution in [0.1, 0.15) is 25.3 Å². The van der Waals surface area contributed by atoms with Crippen molar-refractivity contribution in [3.05, 3.63) is 18.0 Å². The highest BCUT2D eigenvalue weighted by atomic mass is 16.5. The Morgan fingerprint density at radius 1 is 1.25 bits per heavy atom. The molecule has 0 atom stereocenters. The van der Waals surface area contributed by atoms with Crippen molar-refractivity contribution in [2.45, 2.75) is 33.2 Å². The molecule has 0 aliphatic carbocycles. The molecule has 2 N–H and O–H groups in total. The molecule has 0 aromatic carbocycles. The van der Waals surface area contributed by atoms with E-state index in [0.717, 1.165) is 77.8 Å². The fraction of sp³-hybridized carbons (Fsp3) is 0.765. The quantitative estimate of drug-likeness (QED) is 0.398. The van der Waals surface area contributed by atoms with E-state index in [4.69, 9.17) is 4.74 Å². The van der Waals surface area contributed by atoms with Crippen LogP contribution in [0.15, 0.2) is 17.4 Å². The third-order valence-electron chi connectivity index (χ3n) is 3.97. The van der Waals surface area contributed by atoms with Crippen LogP contribution in [0.5, 0.6) is 0 Å².